The second-order valence-corrected chi connectivity index (χ2v) is 12.7. The fourth-order valence-electron chi connectivity index (χ4n) is 7.54. The summed E-state index contributed by atoms with van der Waals surface area (Å²) in [4.78, 5) is 17.5. The molecule has 6 aromatic carbocycles. The number of furan rings is 1. The van der Waals surface area contributed by atoms with E-state index < -0.39 is 5.41 Å². The molecule has 1 spiro atoms. The second kappa shape index (κ2) is 9.98. The molecule has 1 atom stereocenters. The minimum atomic E-state index is -1.28. The van der Waals surface area contributed by atoms with Gasteiger partial charge in [-0.15, -0.1) is 0 Å². The lowest BCUT2D eigenvalue weighted by Crippen LogP contribution is -2.43. The number of ether oxygens (including phenoxy) is 1. The van der Waals surface area contributed by atoms with Crippen molar-refractivity contribution < 1.29 is 13.9 Å². The van der Waals surface area contributed by atoms with Crippen LogP contribution < -0.4 is 9.64 Å². The summed E-state index contributed by atoms with van der Waals surface area (Å²) >= 11 is 13.2. The molecule has 0 N–H and O–H groups in total. The number of methoxy groups -OCH3 is 1. The molecule has 0 fully saturated rings. The van der Waals surface area contributed by atoms with Gasteiger partial charge < -0.3 is 14.1 Å². The molecular weight excluding hydrogens is 613 g/mol. The summed E-state index contributed by atoms with van der Waals surface area (Å²) in [6.07, 6.45) is 0. The number of benzene rings is 6. The van der Waals surface area contributed by atoms with Gasteiger partial charge in [0, 0.05) is 43.2 Å². The fourth-order valence-corrected chi connectivity index (χ4v) is 7.83. The average Bonchev–Trinajstić information content (AvgIpc) is 3.59. The molecule has 0 saturated heterocycles. The van der Waals surface area contributed by atoms with Crippen molar-refractivity contribution in [1.29, 1.82) is 0 Å². The molecule has 1 aromatic heterocycles. The van der Waals surface area contributed by atoms with Crippen molar-refractivity contribution in [2.24, 2.45) is 0 Å². The molecule has 0 saturated carbocycles. The molecule has 222 valence electrons. The van der Waals surface area contributed by atoms with E-state index in [4.69, 9.17) is 32.4 Å². The number of amides is 1. The van der Waals surface area contributed by atoms with Gasteiger partial charge in [0.2, 0.25) is 5.91 Å². The predicted octanol–water partition coefficient (Wildman–Crippen LogP) is 10.4. The third kappa shape index (κ3) is 3.66. The number of hydrogen-bond donors (Lipinski definition) is 0. The molecule has 7 aromatic rings. The van der Waals surface area contributed by atoms with Crippen LogP contribution in [0.15, 0.2) is 126 Å². The minimum absolute atomic E-state index is 0.0696. The first kappa shape index (κ1) is 27.3. The molecule has 0 bridgehead atoms. The van der Waals surface area contributed by atoms with E-state index in [0.29, 0.717) is 28.1 Å². The monoisotopic (exact) mass is 637 g/mol. The zero-order valence-corrected chi connectivity index (χ0v) is 26.2. The molecule has 0 radical (unpaired) electrons. The minimum Gasteiger partial charge on any atom is -0.497 e. The normalized spacial score (nSPS) is 16.3. The van der Waals surface area contributed by atoms with Gasteiger partial charge in [0.15, 0.2) is 0 Å². The third-order valence-electron chi connectivity index (χ3n) is 9.49. The lowest BCUT2D eigenvalue weighted by molar-refractivity contribution is -0.120. The van der Waals surface area contributed by atoms with Crippen LogP contribution in [0.3, 0.4) is 0 Å². The Morgan fingerprint density at radius 3 is 2.33 bits per heavy atom. The number of halogens is 2. The smallest absolute Gasteiger partial charge is 0.247 e. The Morgan fingerprint density at radius 1 is 0.761 bits per heavy atom. The summed E-state index contributed by atoms with van der Waals surface area (Å²) in [6, 6.07) is 39.9. The highest BCUT2D eigenvalue weighted by Gasteiger charge is 2.59. The van der Waals surface area contributed by atoms with Crippen LogP contribution in [0, 0.1) is 0 Å². The molecule has 1 aliphatic carbocycles. The molecule has 1 amide bonds. The van der Waals surface area contributed by atoms with Gasteiger partial charge in [0.05, 0.1) is 13.7 Å². The van der Waals surface area contributed by atoms with E-state index in [2.05, 4.69) is 24.3 Å². The first-order valence-electron chi connectivity index (χ1n) is 15.1. The highest BCUT2D eigenvalue weighted by molar-refractivity contribution is 6.32. The Labute approximate surface area is 275 Å². The van der Waals surface area contributed by atoms with E-state index in [9.17, 15) is 0 Å². The van der Waals surface area contributed by atoms with Crippen LogP contribution in [-0.4, -0.2) is 13.0 Å². The molecule has 1 aliphatic heterocycles. The lowest BCUT2D eigenvalue weighted by Gasteiger charge is -2.36. The largest absolute Gasteiger partial charge is 0.497 e. The third-order valence-corrected chi connectivity index (χ3v) is 9.98. The van der Waals surface area contributed by atoms with Crippen LogP contribution in [0.1, 0.15) is 22.3 Å². The van der Waals surface area contributed by atoms with Gasteiger partial charge in [-0.25, -0.2) is 0 Å². The Balaban J connectivity index is 1.48. The summed E-state index contributed by atoms with van der Waals surface area (Å²) in [6.45, 7) is 0.400. The maximum atomic E-state index is 15.6. The standard InChI is InChI=1S/C40H25Cl2NO3/c1-45-28-16-17-30-31-19-25-9-5-6-10-29(25)38-35(31)36(37(46-38)24-11-13-26(41)14-12-24)40(32(30)21-28)33-20-27(42)15-18-34(33)43(39(40)44)22-23-7-3-2-4-8-23/h2-21H,22H2,1H3/t40-/m0/s1. The van der Waals surface area contributed by atoms with Crippen molar-refractivity contribution in [3.05, 3.63) is 154 Å². The maximum absolute atomic E-state index is 15.6. The SMILES string of the molecule is COc1ccc2c(c1)[C@@]1(C(=O)N(Cc3ccccc3)c3ccc(Cl)cc31)c1c(-c3ccc(Cl)cc3)oc3c1c-2cc1ccccc13. The molecule has 0 unspecified atom stereocenters. The summed E-state index contributed by atoms with van der Waals surface area (Å²) in [5.74, 6) is 1.21. The van der Waals surface area contributed by atoms with E-state index in [1.807, 2.05) is 102 Å². The highest BCUT2D eigenvalue weighted by atomic mass is 35.5. The number of rotatable bonds is 4. The van der Waals surface area contributed by atoms with Crippen LogP contribution in [0.25, 0.3) is 44.2 Å². The van der Waals surface area contributed by atoms with Crippen molar-refractivity contribution in [3.8, 4) is 28.2 Å². The van der Waals surface area contributed by atoms with Gasteiger partial charge in [-0.1, -0.05) is 83.9 Å². The Kier molecular flexibility index (Phi) is 5.92. The van der Waals surface area contributed by atoms with Crippen molar-refractivity contribution >= 4 is 56.5 Å². The van der Waals surface area contributed by atoms with Gasteiger partial charge in [-0.2, -0.15) is 0 Å². The Hall–Kier alpha value is -5.03. The van der Waals surface area contributed by atoms with Crippen molar-refractivity contribution in [3.63, 3.8) is 0 Å². The fraction of sp³-hybridized carbons (Fsp3) is 0.0750. The predicted molar refractivity (Wildman–Crippen MR) is 185 cm³/mol. The van der Waals surface area contributed by atoms with Gasteiger partial charge in [0.25, 0.3) is 0 Å². The van der Waals surface area contributed by atoms with Gasteiger partial charge >= 0.3 is 0 Å². The zero-order chi connectivity index (χ0) is 31.2. The van der Waals surface area contributed by atoms with Crippen LogP contribution in [0.2, 0.25) is 10.0 Å². The highest BCUT2D eigenvalue weighted by Crippen LogP contribution is 2.62. The Bertz CT molecular complexity index is 2380. The number of nitrogens with zero attached hydrogens (tertiary/aromatic N) is 1. The van der Waals surface area contributed by atoms with Crippen molar-refractivity contribution in [2.75, 3.05) is 12.0 Å². The van der Waals surface area contributed by atoms with E-state index in [0.717, 1.165) is 66.4 Å². The van der Waals surface area contributed by atoms with Crippen LogP contribution >= 0.6 is 23.2 Å². The first-order chi connectivity index (χ1) is 22.5. The topological polar surface area (TPSA) is 42.7 Å². The first-order valence-corrected chi connectivity index (χ1v) is 15.8. The molecule has 4 nitrogen and oxygen atoms in total. The van der Waals surface area contributed by atoms with Crippen LogP contribution in [0.5, 0.6) is 5.75 Å². The summed E-state index contributed by atoms with van der Waals surface area (Å²) in [5, 5.41) is 4.12. The van der Waals surface area contributed by atoms with E-state index in [1.165, 1.54) is 0 Å². The molecule has 2 aliphatic rings. The molecule has 46 heavy (non-hydrogen) atoms. The number of anilines is 1. The second-order valence-electron chi connectivity index (χ2n) is 11.9. The quantitative estimate of drug-likeness (QED) is 0.193. The lowest BCUT2D eigenvalue weighted by atomic mass is 9.63. The van der Waals surface area contributed by atoms with E-state index in [-0.39, 0.29) is 5.91 Å². The van der Waals surface area contributed by atoms with Gasteiger partial charge in [-0.3, -0.25) is 4.79 Å². The molecule has 9 rings (SSSR count). The Morgan fingerprint density at radius 2 is 1.52 bits per heavy atom. The summed E-state index contributed by atoms with van der Waals surface area (Å²) < 4.78 is 12.8. The average molecular weight is 639 g/mol. The summed E-state index contributed by atoms with van der Waals surface area (Å²) in [5.41, 5.74) is 6.53. The molecular formula is C40H25Cl2NO3. The number of hydrogen-bond acceptors (Lipinski definition) is 3. The number of carbonyl (C=O) groups is 1. The van der Waals surface area contributed by atoms with Gasteiger partial charge in [-0.05, 0) is 88.3 Å². The van der Waals surface area contributed by atoms with Crippen molar-refractivity contribution in [1.82, 2.24) is 0 Å². The van der Waals surface area contributed by atoms with Crippen LogP contribution in [0.4, 0.5) is 5.69 Å². The molecule has 6 heteroatoms. The molecule has 2 heterocycles. The zero-order valence-electron chi connectivity index (χ0n) is 24.7. The van der Waals surface area contributed by atoms with E-state index in [1.54, 1.807) is 7.11 Å². The summed E-state index contributed by atoms with van der Waals surface area (Å²) in [7, 11) is 1.65. The maximum Gasteiger partial charge on any atom is 0.247 e. The number of fused-ring (bicyclic) bond motifs is 8. The van der Waals surface area contributed by atoms with Crippen molar-refractivity contribution in [2.45, 2.75) is 12.0 Å². The van der Waals surface area contributed by atoms with Crippen LogP contribution in [-0.2, 0) is 16.8 Å². The van der Waals surface area contributed by atoms with E-state index >= 15 is 4.79 Å². The van der Waals surface area contributed by atoms with Gasteiger partial charge in [0.1, 0.15) is 22.5 Å². The number of carbonyl (C=O) groups excluding carboxylic acids is 1.